The molecule has 1 atom stereocenters. The van der Waals surface area contributed by atoms with Crippen molar-refractivity contribution in [1.29, 1.82) is 5.26 Å². The molecule has 126 valence electrons. The minimum absolute atomic E-state index is 0.389. The van der Waals surface area contributed by atoms with Gasteiger partial charge < -0.3 is 10.2 Å². The smallest absolute Gasteiger partial charge is 0.0992 e. The van der Waals surface area contributed by atoms with E-state index in [1.54, 1.807) is 0 Å². The largest absolute Gasteiger partial charge is 0.381 e. The molecule has 2 N–H and O–H groups in total. The van der Waals surface area contributed by atoms with Gasteiger partial charge in [-0.25, -0.2) is 0 Å². The van der Waals surface area contributed by atoms with Gasteiger partial charge in [-0.15, -0.1) is 0 Å². The Balaban J connectivity index is 1.50. The normalized spacial score (nSPS) is 17.4. The highest BCUT2D eigenvalue weighted by atomic mass is 79.9. The number of hydrogen-bond acceptors (Lipinski definition) is 4. The molecule has 0 radical (unpaired) electrons. The van der Waals surface area contributed by atoms with Crippen LogP contribution in [0.15, 0.2) is 47.1 Å². The quantitative estimate of drug-likeness (QED) is 0.694. The van der Waals surface area contributed by atoms with Gasteiger partial charge in [0.2, 0.25) is 0 Å². The summed E-state index contributed by atoms with van der Waals surface area (Å²) in [7, 11) is 0. The highest BCUT2D eigenvalue weighted by Gasteiger charge is 2.21. The average Bonchev–Trinajstić information content (AvgIpc) is 3.09. The van der Waals surface area contributed by atoms with E-state index in [4.69, 9.17) is 5.26 Å². The number of aromatic nitrogens is 2. The molecule has 1 fully saturated rings. The van der Waals surface area contributed by atoms with Crippen LogP contribution in [0.25, 0.3) is 10.9 Å². The molecule has 1 aliphatic rings. The number of benzene rings is 2. The number of nitrogens with one attached hydrogen (secondary N) is 2. The maximum Gasteiger partial charge on any atom is 0.0992 e. The standard InChI is InChI=1S/C19H18BrN5/c20-17-8-13(10-21)3-6-19(17)25-7-1-2-16(12-25)23-15-4-5-18-14(9-15)11-22-24-18/h3-6,8-9,11,16,23H,1-2,7,12H2,(H,22,24). The Morgan fingerprint density at radius 3 is 3.04 bits per heavy atom. The van der Waals surface area contributed by atoms with Crippen LogP contribution in [0.2, 0.25) is 0 Å². The molecule has 0 aliphatic carbocycles. The Kier molecular flexibility index (Phi) is 4.33. The third kappa shape index (κ3) is 3.33. The van der Waals surface area contributed by atoms with Crippen molar-refractivity contribution < 1.29 is 0 Å². The molecule has 1 aromatic heterocycles. The number of nitriles is 1. The molecule has 2 heterocycles. The third-order valence-corrected chi connectivity index (χ3v) is 5.29. The number of hydrogen-bond donors (Lipinski definition) is 2. The zero-order chi connectivity index (χ0) is 17.2. The van der Waals surface area contributed by atoms with Gasteiger partial charge in [0.25, 0.3) is 0 Å². The molecule has 1 saturated heterocycles. The summed E-state index contributed by atoms with van der Waals surface area (Å²) in [6.45, 7) is 1.97. The van der Waals surface area contributed by atoms with Gasteiger partial charge in [-0.05, 0) is 65.2 Å². The van der Waals surface area contributed by atoms with Crippen molar-refractivity contribution in [3.8, 4) is 6.07 Å². The van der Waals surface area contributed by atoms with Gasteiger partial charge in [0, 0.05) is 34.7 Å². The molecule has 1 aliphatic heterocycles. The number of fused-ring (bicyclic) bond motifs is 1. The van der Waals surface area contributed by atoms with Crippen LogP contribution in [-0.4, -0.2) is 29.3 Å². The zero-order valence-electron chi connectivity index (χ0n) is 13.7. The highest BCUT2D eigenvalue weighted by Crippen LogP contribution is 2.30. The van der Waals surface area contributed by atoms with E-state index < -0.39 is 0 Å². The minimum atomic E-state index is 0.389. The van der Waals surface area contributed by atoms with E-state index in [9.17, 15) is 0 Å². The predicted molar refractivity (Wildman–Crippen MR) is 104 cm³/mol. The van der Waals surface area contributed by atoms with Gasteiger partial charge in [0.05, 0.1) is 29.0 Å². The number of piperidine rings is 1. The van der Waals surface area contributed by atoms with Gasteiger partial charge >= 0.3 is 0 Å². The zero-order valence-corrected chi connectivity index (χ0v) is 15.3. The Morgan fingerprint density at radius 2 is 2.20 bits per heavy atom. The number of halogens is 1. The molecule has 0 saturated carbocycles. The van der Waals surface area contributed by atoms with Crippen LogP contribution in [0.4, 0.5) is 11.4 Å². The number of aromatic amines is 1. The fourth-order valence-corrected chi connectivity index (χ4v) is 4.04. The molecule has 3 aromatic rings. The molecule has 4 rings (SSSR count). The van der Waals surface area contributed by atoms with Crippen molar-refractivity contribution in [1.82, 2.24) is 10.2 Å². The summed E-state index contributed by atoms with van der Waals surface area (Å²) in [4.78, 5) is 2.38. The first-order valence-corrected chi connectivity index (χ1v) is 9.16. The lowest BCUT2D eigenvalue weighted by atomic mass is 10.0. The second kappa shape index (κ2) is 6.77. The summed E-state index contributed by atoms with van der Waals surface area (Å²) in [5, 5.41) is 20.9. The van der Waals surface area contributed by atoms with Gasteiger partial charge in [0.1, 0.15) is 0 Å². The van der Waals surface area contributed by atoms with Crippen LogP contribution in [-0.2, 0) is 0 Å². The van der Waals surface area contributed by atoms with Crippen LogP contribution in [0.1, 0.15) is 18.4 Å². The Bertz CT molecular complexity index is 942. The van der Waals surface area contributed by atoms with E-state index in [1.165, 1.54) is 0 Å². The lowest BCUT2D eigenvalue weighted by Crippen LogP contribution is -2.42. The van der Waals surface area contributed by atoms with Crippen LogP contribution in [0.5, 0.6) is 0 Å². The van der Waals surface area contributed by atoms with Gasteiger partial charge in [-0.3, -0.25) is 5.10 Å². The summed E-state index contributed by atoms with van der Waals surface area (Å²) in [5.41, 5.74) is 4.00. The first-order chi connectivity index (χ1) is 12.2. The fourth-order valence-electron chi connectivity index (χ4n) is 3.41. The Hall–Kier alpha value is -2.52. The topological polar surface area (TPSA) is 67.7 Å². The lowest BCUT2D eigenvalue weighted by Gasteiger charge is -2.35. The molecule has 5 nitrogen and oxygen atoms in total. The molecule has 1 unspecified atom stereocenters. The van der Waals surface area contributed by atoms with Crippen LogP contribution in [0.3, 0.4) is 0 Å². The first kappa shape index (κ1) is 16.0. The van der Waals surface area contributed by atoms with Crippen molar-refractivity contribution in [3.05, 3.63) is 52.6 Å². The average molecular weight is 396 g/mol. The van der Waals surface area contributed by atoms with Gasteiger partial charge in [-0.2, -0.15) is 10.4 Å². The predicted octanol–water partition coefficient (Wildman–Crippen LogP) is 4.28. The lowest BCUT2D eigenvalue weighted by molar-refractivity contribution is 0.530. The first-order valence-electron chi connectivity index (χ1n) is 8.37. The second-order valence-electron chi connectivity index (χ2n) is 6.38. The summed E-state index contributed by atoms with van der Waals surface area (Å²) >= 11 is 3.61. The van der Waals surface area contributed by atoms with Crippen molar-refractivity contribution in [2.45, 2.75) is 18.9 Å². The third-order valence-electron chi connectivity index (χ3n) is 4.65. The summed E-state index contributed by atoms with van der Waals surface area (Å²) in [5.74, 6) is 0. The molecule has 2 aromatic carbocycles. The van der Waals surface area contributed by atoms with Crippen LogP contribution >= 0.6 is 15.9 Å². The Morgan fingerprint density at radius 1 is 1.28 bits per heavy atom. The maximum absolute atomic E-state index is 9.03. The number of rotatable bonds is 3. The van der Waals surface area contributed by atoms with E-state index in [1.807, 2.05) is 24.4 Å². The number of nitrogens with zero attached hydrogens (tertiary/aromatic N) is 3. The summed E-state index contributed by atoms with van der Waals surface area (Å²) < 4.78 is 0.979. The van der Waals surface area contributed by atoms with Crippen LogP contribution < -0.4 is 10.2 Å². The van der Waals surface area contributed by atoms with E-state index in [0.29, 0.717) is 11.6 Å². The Labute approximate surface area is 154 Å². The van der Waals surface area contributed by atoms with Crippen molar-refractivity contribution in [2.24, 2.45) is 0 Å². The fraction of sp³-hybridized carbons (Fsp3) is 0.263. The van der Waals surface area contributed by atoms with E-state index >= 15 is 0 Å². The highest BCUT2D eigenvalue weighted by molar-refractivity contribution is 9.10. The molecular weight excluding hydrogens is 378 g/mol. The van der Waals surface area contributed by atoms with Crippen molar-refractivity contribution >= 4 is 38.2 Å². The van der Waals surface area contributed by atoms with E-state index in [2.05, 4.69) is 60.6 Å². The molecule has 25 heavy (non-hydrogen) atoms. The molecule has 0 bridgehead atoms. The SMILES string of the molecule is N#Cc1ccc(N2CCCC(Nc3ccc4[nH]ncc4c3)C2)c(Br)c1. The van der Waals surface area contributed by atoms with Crippen LogP contribution in [0, 0.1) is 11.3 Å². The van der Waals surface area contributed by atoms with E-state index in [0.717, 1.165) is 52.7 Å². The molecule has 0 spiro atoms. The monoisotopic (exact) mass is 395 g/mol. The summed E-state index contributed by atoms with van der Waals surface area (Å²) in [6, 6.07) is 14.7. The van der Waals surface area contributed by atoms with E-state index in [-0.39, 0.29) is 0 Å². The van der Waals surface area contributed by atoms with Crippen molar-refractivity contribution in [2.75, 3.05) is 23.3 Å². The summed E-state index contributed by atoms with van der Waals surface area (Å²) in [6.07, 6.45) is 4.13. The number of anilines is 2. The molecular formula is C19H18BrN5. The van der Waals surface area contributed by atoms with Gasteiger partial charge in [0.15, 0.2) is 0 Å². The maximum atomic E-state index is 9.03. The molecule has 0 amide bonds. The second-order valence-corrected chi connectivity index (χ2v) is 7.23. The minimum Gasteiger partial charge on any atom is -0.381 e. The van der Waals surface area contributed by atoms with Gasteiger partial charge in [-0.1, -0.05) is 0 Å². The molecule has 6 heteroatoms. The number of H-pyrrole nitrogens is 1. The van der Waals surface area contributed by atoms with Crippen molar-refractivity contribution in [3.63, 3.8) is 0 Å².